The summed E-state index contributed by atoms with van der Waals surface area (Å²) in [4.78, 5) is 10.6. The van der Waals surface area contributed by atoms with Gasteiger partial charge in [0, 0.05) is 13.0 Å². The van der Waals surface area contributed by atoms with Crippen LogP contribution in [0.1, 0.15) is 17.9 Å². The van der Waals surface area contributed by atoms with Crippen LogP contribution in [0.4, 0.5) is 8.78 Å². The Morgan fingerprint density at radius 3 is 2.75 bits per heavy atom. The van der Waals surface area contributed by atoms with Crippen molar-refractivity contribution in [3.63, 3.8) is 0 Å². The van der Waals surface area contributed by atoms with Crippen molar-refractivity contribution in [2.24, 2.45) is 0 Å². The topological polar surface area (TPSA) is 46.5 Å². The van der Waals surface area contributed by atoms with Gasteiger partial charge in [0.25, 0.3) is 0 Å². The molecule has 1 N–H and O–H groups in total. The minimum absolute atomic E-state index is 0.0317. The van der Waals surface area contributed by atoms with Gasteiger partial charge in [-0.25, -0.2) is 8.78 Å². The molecule has 3 nitrogen and oxygen atoms in total. The predicted octanol–water partition coefficient (Wildman–Crippen LogP) is 2.17. The van der Waals surface area contributed by atoms with E-state index in [0.717, 1.165) is 18.2 Å². The lowest BCUT2D eigenvalue weighted by Crippen LogP contribution is -2.13. The van der Waals surface area contributed by atoms with Gasteiger partial charge in [0.05, 0.1) is 13.0 Å². The number of ether oxygens (including phenoxy) is 1. The molecule has 0 amide bonds. The van der Waals surface area contributed by atoms with Gasteiger partial charge in [0.1, 0.15) is 11.6 Å². The minimum atomic E-state index is -1.08. The molecule has 0 heterocycles. The Labute approximate surface area is 91.7 Å². The second-order valence-corrected chi connectivity index (χ2v) is 3.42. The van der Waals surface area contributed by atoms with Crippen LogP contribution < -0.4 is 0 Å². The number of benzene rings is 1. The van der Waals surface area contributed by atoms with E-state index < -0.39 is 23.5 Å². The maximum absolute atomic E-state index is 13.4. The molecule has 1 rings (SSSR count). The summed E-state index contributed by atoms with van der Waals surface area (Å²) in [6, 6.07) is 2.97. The molecule has 0 aromatic heterocycles. The zero-order valence-electron chi connectivity index (χ0n) is 8.74. The van der Waals surface area contributed by atoms with Gasteiger partial charge in [0.15, 0.2) is 0 Å². The number of aliphatic carboxylic acids is 1. The SMILES string of the molecule is COCC(CC(=O)O)c1cc(F)ccc1F. The molecule has 0 fully saturated rings. The van der Waals surface area contributed by atoms with E-state index >= 15 is 0 Å². The maximum Gasteiger partial charge on any atom is 0.304 e. The van der Waals surface area contributed by atoms with E-state index in [-0.39, 0.29) is 18.6 Å². The first-order valence-electron chi connectivity index (χ1n) is 4.70. The summed E-state index contributed by atoms with van der Waals surface area (Å²) in [6.07, 6.45) is -0.297. The van der Waals surface area contributed by atoms with Crippen LogP contribution in [-0.2, 0) is 9.53 Å². The molecule has 0 bridgehead atoms. The molecule has 88 valence electrons. The van der Waals surface area contributed by atoms with Crippen LogP contribution in [0.5, 0.6) is 0 Å². The third kappa shape index (κ3) is 3.27. The molecule has 5 heteroatoms. The van der Waals surface area contributed by atoms with Gasteiger partial charge in [0.2, 0.25) is 0 Å². The van der Waals surface area contributed by atoms with Crippen LogP contribution in [0.3, 0.4) is 0 Å². The summed E-state index contributed by atoms with van der Waals surface area (Å²) in [7, 11) is 1.38. The third-order valence-corrected chi connectivity index (χ3v) is 2.19. The number of methoxy groups -OCH3 is 1. The van der Waals surface area contributed by atoms with Crippen molar-refractivity contribution in [2.75, 3.05) is 13.7 Å². The number of hydrogen-bond donors (Lipinski definition) is 1. The molecule has 1 atom stereocenters. The molecule has 0 aliphatic carbocycles. The van der Waals surface area contributed by atoms with Crippen molar-refractivity contribution in [3.8, 4) is 0 Å². The Morgan fingerprint density at radius 1 is 1.50 bits per heavy atom. The lowest BCUT2D eigenvalue weighted by molar-refractivity contribution is -0.137. The average Bonchev–Trinajstić information content (AvgIpc) is 2.20. The lowest BCUT2D eigenvalue weighted by atomic mass is 9.96. The number of hydrogen-bond acceptors (Lipinski definition) is 2. The zero-order chi connectivity index (χ0) is 12.1. The maximum atomic E-state index is 13.4. The lowest BCUT2D eigenvalue weighted by Gasteiger charge is -2.15. The zero-order valence-corrected chi connectivity index (χ0v) is 8.74. The van der Waals surface area contributed by atoms with Crippen LogP contribution in [-0.4, -0.2) is 24.8 Å². The first-order chi connectivity index (χ1) is 7.54. The van der Waals surface area contributed by atoms with E-state index in [2.05, 4.69) is 0 Å². The highest BCUT2D eigenvalue weighted by atomic mass is 19.1. The second-order valence-electron chi connectivity index (χ2n) is 3.42. The Hall–Kier alpha value is -1.49. The molecule has 0 aliphatic heterocycles. The van der Waals surface area contributed by atoms with Crippen molar-refractivity contribution in [1.82, 2.24) is 0 Å². The van der Waals surface area contributed by atoms with Crippen LogP contribution in [0.25, 0.3) is 0 Å². The van der Waals surface area contributed by atoms with Gasteiger partial charge in [-0.1, -0.05) is 0 Å². The quantitative estimate of drug-likeness (QED) is 0.843. The summed E-state index contributed by atoms with van der Waals surface area (Å²) in [5.41, 5.74) is 0.0317. The second kappa shape index (κ2) is 5.55. The summed E-state index contributed by atoms with van der Waals surface area (Å²) < 4.78 is 31.1. The number of halogens is 2. The van der Waals surface area contributed by atoms with Gasteiger partial charge < -0.3 is 9.84 Å². The van der Waals surface area contributed by atoms with Gasteiger partial charge >= 0.3 is 5.97 Å². The molecule has 0 saturated heterocycles. The predicted molar refractivity (Wildman–Crippen MR) is 53.2 cm³/mol. The summed E-state index contributed by atoms with van der Waals surface area (Å²) in [6.45, 7) is 0.0344. The Bertz CT molecular complexity index is 379. The number of rotatable bonds is 5. The van der Waals surface area contributed by atoms with E-state index in [1.807, 2.05) is 0 Å². The third-order valence-electron chi connectivity index (χ3n) is 2.19. The van der Waals surface area contributed by atoms with Crippen LogP contribution in [0, 0.1) is 11.6 Å². The Kier molecular flexibility index (Phi) is 4.37. The number of carbonyl (C=O) groups is 1. The summed E-state index contributed by atoms with van der Waals surface area (Å²) >= 11 is 0. The van der Waals surface area contributed by atoms with Crippen molar-refractivity contribution < 1.29 is 23.4 Å². The van der Waals surface area contributed by atoms with Crippen LogP contribution in [0.15, 0.2) is 18.2 Å². The van der Waals surface area contributed by atoms with Gasteiger partial charge in [-0.2, -0.15) is 0 Å². The highest BCUT2D eigenvalue weighted by Gasteiger charge is 2.19. The van der Waals surface area contributed by atoms with E-state index in [0.29, 0.717) is 0 Å². The van der Waals surface area contributed by atoms with E-state index in [1.165, 1.54) is 7.11 Å². The van der Waals surface area contributed by atoms with Gasteiger partial charge in [-0.3, -0.25) is 4.79 Å². The van der Waals surface area contributed by atoms with Gasteiger partial charge in [-0.05, 0) is 23.8 Å². The first-order valence-corrected chi connectivity index (χ1v) is 4.70. The van der Waals surface area contributed by atoms with Crippen LogP contribution >= 0.6 is 0 Å². The highest BCUT2D eigenvalue weighted by Crippen LogP contribution is 2.23. The van der Waals surface area contributed by atoms with Crippen molar-refractivity contribution in [1.29, 1.82) is 0 Å². The van der Waals surface area contributed by atoms with E-state index in [9.17, 15) is 13.6 Å². The molecule has 16 heavy (non-hydrogen) atoms. The van der Waals surface area contributed by atoms with E-state index in [4.69, 9.17) is 9.84 Å². The van der Waals surface area contributed by atoms with Crippen molar-refractivity contribution >= 4 is 5.97 Å². The average molecular weight is 230 g/mol. The number of carboxylic acid groups (broad SMARTS) is 1. The largest absolute Gasteiger partial charge is 0.481 e. The Morgan fingerprint density at radius 2 is 2.19 bits per heavy atom. The normalized spacial score (nSPS) is 12.4. The van der Waals surface area contributed by atoms with Crippen molar-refractivity contribution in [2.45, 2.75) is 12.3 Å². The molecule has 0 spiro atoms. The molecule has 0 radical (unpaired) electrons. The molecular formula is C11H12F2O3. The molecule has 1 aromatic carbocycles. The molecule has 0 aliphatic rings. The monoisotopic (exact) mass is 230 g/mol. The highest BCUT2D eigenvalue weighted by molar-refractivity contribution is 5.68. The standard InChI is InChI=1S/C11H12F2O3/c1-16-6-7(4-11(14)15)9-5-8(12)2-3-10(9)13/h2-3,5,7H,4,6H2,1H3,(H,14,15). The van der Waals surface area contributed by atoms with Crippen LogP contribution in [0.2, 0.25) is 0 Å². The molecule has 1 aromatic rings. The molecule has 0 saturated carbocycles. The Balaban J connectivity index is 2.99. The molecule has 1 unspecified atom stereocenters. The van der Waals surface area contributed by atoms with E-state index in [1.54, 1.807) is 0 Å². The fourth-order valence-electron chi connectivity index (χ4n) is 1.50. The first kappa shape index (κ1) is 12.6. The fraction of sp³-hybridized carbons (Fsp3) is 0.364. The summed E-state index contributed by atoms with van der Waals surface area (Å²) in [5.74, 6) is -2.98. The number of carboxylic acids is 1. The smallest absolute Gasteiger partial charge is 0.304 e. The van der Waals surface area contributed by atoms with Crippen molar-refractivity contribution in [3.05, 3.63) is 35.4 Å². The van der Waals surface area contributed by atoms with Gasteiger partial charge in [-0.15, -0.1) is 0 Å². The summed E-state index contributed by atoms with van der Waals surface area (Å²) in [5, 5.41) is 8.66. The molecular weight excluding hydrogens is 218 g/mol. The minimum Gasteiger partial charge on any atom is -0.481 e. The fourth-order valence-corrected chi connectivity index (χ4v) is 1.50.